The maximum absolute atomic E-state index is 12.8. The first-order valence-corrected chi connectivity index (χ1v) is 8.08. The predicted octanol–water partition coefficient (Wildman–Crippen LogP) is 4.09. The van der Waals surface area contributed by atoms with Gasteiger partial charge in [-0.15, -0.1) is 0 Å². The minimum absolute atomic E-state index is 0.210. The maximum Gasteiger partial charge on any atom is 0.416 e. The number of anilines is 1. The van der Waals surface area contributed by atoms with Crippen LogP contribution < -0.4 is 5.73 Å². The van der Waals surface area contributed by atoms with Gasteiger partial charge < -0.3 is 10.3 Å². The van der Waals surface area contributed by atoms with E-state index in [0.717, 1.165) is 31.4 Å². The average molecular weight is 315 g/mol. The Kier molecular flexibility index (Phi) is 3.55. The molecule has 1 saturated carbocycles. The largest absolute Gasteiger partial charge is 0.416 e. The molecule has 114 valence electrons. The minimum Gasteiger partial charge on any atom is -0.369 e. The van der Waals surface area contributed by atoms with Crippen LogP contribution in [0.1, 0.15) is 30.9 Å². The van der Waals surface area contributed by atoms with Crippen molar-refractivity contribution < 1.29 is 13.2 Å². The third-order valence-electron chi connectivity index (χ3n) is 4.10. The van der Waals surface area contributed by atoms with Gasteiger partial charge in [0.1, 0.15) is 0 Å². The van der Waals surface area contributed by atoms with Gasteiger partial charge in [0.2, 0.25) is 5.95 Å². The lowest BCUT2D eigenvalue weighted by molar-refractivity contribution is -0.137. The lowest BCUT2D eigenvalue weighted by Gasteiger charge is -2.21. The van der Waals surface area contributed by atoms with E-state index >= 15 is 0 Å². The van der Waals surface area contributed by atoms with Gasteiger partial charge in [0.15, 0.2) is 0 Å². The summed E-state index contributed by atoms with van der Waals surface area (Å²) in [7, 11) is 0. The van der Waals surface area contributed by atoms with E-state index in [9.17, 15) is 13.2 Å². The van der Waals surface area contributed by atoms with Crippen LogP contribution in [-0.4, -0.2) is 21.1 Å². The first-order chi connectivity index (χ1) is 9.91. The molecule has 1 fully saturated rings. The van der Waals surface area contributed by atoms with Crippen LogP contribution in [0.4, 0.5) is 19.1 Å². The van der Waals surface area contributed by atoms with Crippen molar-refractivity contribution >= 4 is 28.7 Å². The van der Waals surface area contributed by atoms with E-state index in [1.54, 1.807) is 11.8 Å². The molecule has 1 aliphatic rings. The van der Waals surface area contributed by atoms with Gasteiger partial charge in [-0.1, -0.05) is 6.42 Å². The van der Waals surface area contributed by atoms with Gasteiger partial charge in [-0.2, -0.15) is 24.9 Å². The molecule has 1 heterocycles. The Hall–Kier alpha value is -1.37. The summed E-state index contributed by atoms with van der Waals surface area (Å²) in [5.74, 6) is 0.301. The molecule has 21 heavy (non-hydrogen) atoms. The number of imidazole rings is 1. The highest BCUT2D eigenvalue weighted by molar-refractivity contribution is 7.99. The second-order valence-electron chi connectivity index (χ2n) is 5.31. The quantitative estimate of drug-likeness (QED) is 0.907. The number of nitrogens with zero attached hydrogens (tertiary/aromatic N) is 2. The van der Waals surface area contributed by atoms with Crippen LogP contribution in [0.25, 0.3) is 11.0 Å². The molecule has 0 bridgehead atoms. The summed E-state index contributed by atoms with van der Waals surface area (Å²) >= 11 is 1.78. The van der Waals surface area contributed by atoms with Crippen molar-refractivity contribution in [3.05, 3.63) is 23.8 Å². The van der Waals surface area contributed by atoms with Crippen molar-refractivity contribution in [3.8, 4) is 0 Å². The highest BCUT2D eigenvalue weighted by Crippen LogP contribution is 2.41. The first kappa shape index (κ1) is 14.6. The molecule has 7 heteroatoms. The van der Waals surface area contributed by atoms with Gasteiger partial charge in [0.25, 0.3) is 0 Å². The molecule has 3 rings (SSSR count). The van der Waals surface area contributed by atoms with E-state index in [0.29, 0.717) is 22.2 Å². The van der Waals surface area contributed by atoms with Gasteiger partial charge in [-0.3, -0.25) is 0 Å². The van der Waals surface area contributed by atoms with Crippen molar-refractivity contribution in [2.45, 2.75) is 36.7 Å². The highest BCUT2D eigenvalue weighted by Gasteiger charge is 2.33. The molecule has 0 aliphatic heterocycles. The molecule has 2 aromatic rings. The van der Waals surface area contributed by atoms with Crippen LogP contribution in [0, 0.1) is 0 Å². The standard InChI is InChI=1S/C14H16F3N3S/c1-21-12-4-2-3-11(12)20-10-6-5-8(14(15,16)17)7-9(10)19-13(20)18/h5-7,11-12H,2-4H2,1H3,(H2,18,19). The SMILES string of the molecule is CSC1CCCC1n1c(N)nc2cc(C(F)(F)F)ccc21. The minimum atomic E-state index is -4.36. The number of fused-ring (bicyclic) bond motifs is 1. The number of benzene rings is 1. The van der Waals surface area contributed by atoms with E-state index in [2.05, 4.69) is 11.2 Å². The number of nitrogen functional groups attached to an aromatic ring is 1. The zero-order valence-electron chi connectivity index (χ0n) is 11.5. The first-order valence-electron chi connectivity index (χ1n) is 6.79. The third kappa shape index (κ3) is 2.47. The van der Waals surface area contributed by atoms with Crippen molar-refractivity contribution in [3.63, 3.8) is 0 Å². The van der Waals surface area contributed by atoms with E-state index < -0.39 is 11.7 Å². The van der Waals surface area contributed by atoms with Gasteiger partial charge in [-0.05, 0) is 37.3 Å². The number of nitrogens with two attached hydrogens (primary N) is 1. The summed E-state index contributed by atoms with van der Waals surface area (Å²) in [6, 6.07) is 3.87. The molecule has 2 N–H and O–H groups in total. The van der Waals surface area contributed by atoms with E-state index in [1.807, 2.05) is 4.57 Å². The molecule has 2 unspecified atom stereocenters. The Morgan fingerprint density at radius 2 is 2.10 bits per heavy atom. The number of alkyl halides is 3. The highest BCUT2D eigenvalue weighted by atomic mass is 32.2. The van der Waals surface area contributed by atoms with E-state index in [4.69, 9.17) is 5.73 Å². The summed E-state index contributed by atoms with van der Waals surface area (Å²) < 4.78 is 40.2. The van der Waals surface area contributed by atoms with Gasteiger partial charge in [0, 0.05) is 11.3 Å². The molecule has 0 radical (unpaired) electrons. The fraction of sp³-hybridized carbons (Fsp3) is 0.500. The number of rotatable bonds is 2. The second kappa shape index (κ2) is 5.12. The summed E-state index contributed by atoms with van der Waals surface area (Å²) in [6.45, 7) is 0. The average Bonchev–Trinajstić information content (AvgIpc) is 2.98. The molecule has 0 spiro atoms. The van der Waals surface area contributed by atoms with Crippen LogP contribution >= 0.6 is 11.8 Å². The second-order valence-corrected chi connectivity index (χ2v) is 6.39. The van der Waals surface area contributed by atoms with Crippen molar-refractivity contribution in [2.75, 3.05) is 12.0 Å². The topological polar surface area (TPSA) is 43.8 Å². The molecule has 1 aliphatic carbocycles. The molecular weight excluding hydrogens is 299 g/mol. The number of halogens is 3. The van der Waals surface area contributed by atoms with Crippen molar-refractivity contribution in [2.24, 2.45) is 0 Å². The molecule has 1 aromatic heterocycles. The van der Waals surface area contributed by atoms with Crippen LogP contribution in [0.15, 0.2) is 18.2 Å². The lowest BCUT2D eigenvalue weighted by atomic mass is 10.1. The number of hydrogen-bond acceptors (Lipinski definition) is 3. The third-order valence-corrected chi connectivity index (χ3v) is 5.25. The summed E-state index contributed by atoms with van der Waals surface area (Å²) in [5.41, 5.74) is 6.28. The number of aromatic nitrogens is 2. The van der Waals surface area contributed by atoms with E-state index in [1.165, 1.54) is 6.07 Å². The molecule has 3 nitrogen and oxygen atoms in total. The molecule has 0 saturated heterocycles. The van der Waals surface area contributed by atoms with Crippen LogP contribution in [0.5, 0.6) is 0 Å². The summed E-state index contributed by atoms with van der Waals surface area (Å²) in [4.78, 5) is 4.13. The summed E-state index contributed by atoms with van der Waals surface area (Å²) in [6.07, 6.45) is 0.894. The Morgan fingerprint density at radius 1 is 1.33 bits per heavy atom. The Labute approximate surface area is 124 Å². The van der Waals surface area contributed by atoms with Crippen LogP contribution in [-0.2, 0) is 6.18 Å². The Morgan fingerprint density at radius 3 is 2.76 bits per heavy atom. The van der Waals surface area contributed by atoms with Crippen LogP contribution in [0.3, 0.4) is 0 Å². The molecule has 1 aromatic carbocycles. The van der Waals surface area contributed by atoms with Crippen molar-refractivity contribution in [1.29, 1.82) is 0 Å². The normalized spacial score (nSPS) is 23.0. The number of hydrogen-bond donors (Lipinski definition) is 1. The molecule has 2 atom stereocenters. The fourth-order valence-electron chi connectivity index (χ4n) is 3.12. The Balaban J connectivity index is 2.10. The fourth-order valence-corrected chi connectivity index (χ4v) is 4.09. The van der Waals surface area contributed by atoms with Crippen LogP contribution in [0.2, 0.25) is 0 Å². The maximum atomic E-state index is 12.8. The zero-order chi connectivity index (χ0) is 15.2. The monoisotopic (exact) mass is 315 g/mol. The molecular formula is C14H16F3N3S. The Bertz CT molecular complexity index is 665. The lowest BCUT2D eigenvalue weighted by Crippen LogP contribution is -2.17. The van der Waals surface area contributed by atoms with Crippen molar-refractivity contribution in [1.82, 2.24) is 9.55 Å². The predicted molar refractivity (Wildman–Crippen MR) is 79.3 cm³/mol. The summed E-state index contributed by atoms with van der Waals surface area (Å²) in [5, 5.41) is 0.437. The van der Waals surface area contributed by atoms with Gasteiger partial charge in [-0.25, -0.2) is 4.98 Å². The molecule has 0 amide bonds. The number of thioether (sulfide) groups is 1. The zero-order valence-corrected chi connectivity index (χ0v) is 12.3. The van der Waals surface area contributed by atoms with E-state index in [-0.39, 0.29) is 6.04 Å². The van der Waals surface area contributed by atoms with Gasteiger partial charge in [0.05, 0.1) is 16.6 Å². The smallest absolute Gasteiger partial charge is 0.369 e. The van der Waals surface area contributed by atoms with Gasteiger partial charge >= 0.3 is 6.18 Å².